The highest BCUT2D eigenvalue weighted by molar-refractivity contribution is 5.55. The van der Waals surface area contributed by atoms with Crippen LogP contribution in [0.1, 0.15) is 33.6 Å². The molecule has 0 aromatic rings. The van der Waals surface area contributed by atoms with Crippen molar-refractivity contribution >= 4 is 6.29 Å². The molecule has 0 radical (unpaired) electrons. The highest BCUT2D eigenvalue weighted by atomic mass is 16.1. The maximum Gasteiger partial charge on any atom is 0.123 e. The van der Waals surface area contributed by atoms with E-state index >= 15 is 0 Å². The molecule has 2 bridgehead atoms. The lowest BCUT2D eigenvalue weighted by Crippen LogP contribution is -2.55. The Morgan fingerprint density at radius 1 is 1.33 bits per heavy atom. The Hall–Kier alpha value is -0.330. The third-order valence-electron chi connectivity index (χ3n) is 4.59. The molecule has 0 N–H and O–H groups in total. The molecule has 0 amide bonds. The average Bonchev–Trinajstić information content (AvgIpc) is 2.03. The van der Waals surface area contributed by atoms with Crippen LogP contribution in [0.25, 0.3) is 0 Å². The van der Waals surface area contributed by atoms with Gasteiger partial charge in [-0.15, -0.1) is 0 Å². The zero-order valence-corrected chi connectivity index (χ0v) is 8.21. The minimum absolute atomic E-state index is 0.363. The van der Waals surface area contributed by atoms with Crippen LogP contribution in [0.3, 0.4) is 0 Å². The van der Waals surface area contributed by atoms with Gasteiger partial charge in [0.25, 0.3) is 0 Å². The Labute approximate surface area is 74.5 Å². The van der Waals surface area contributed by atoms with E-state index in [1.807, 2.05) is 0 Å². The van der Waals surface area contributed by atoms with Gasteiger partial charge >= 0.3 is 0 Å². The number of aldehydes is 1. The van der Waals surface area contributed by atoms with E-state index in [1.165, 1.54) is 12.7 Å². The minimum Gasteiger partial charge on any atom is -0.303 e. The van der Waals surface area contributed by atoms with Crippen LogP contribution in [-0.4, -0.2) is 6.29 Å². The third kappa shape index (κ3) is 0.826. The Morgan fingerprint density at radius 2 is 2.00 bits per heavy atom. The number of hydrogen-bond acceptors (Lipinski definition) is 1. The van der Waals surface area contributed by atoms with Crippen molar-refractivity contribution in [1.82, 2.24) is 0 Å². The van der Waals surface area contributed by atoms with Crippen LogP contribution in [0, 0.1) is 29.1 Å². The lowest BCUT2D eigenvalue weighted by atomic mass is 9.44. The summed E-state index contributed by atoms with van der Waals surface area (Å²) in [5, 5.41) is 0. The number of rotatable bonds is 1. The van der Waals surface area contributed by atoms with Crippen molar-refractivity contribution in [3.63, 3.8) is 0 Å². The van der Waals surface area contributed by atoms with Crippen LogP contribution >= 0.6 is 0 Å². The summed E-state index contributed by atoms with van der Waals surface area (Å²) in [6.07, 6.45) is 3.70. The highest BCUT2D eigenvalue weighted by Gasteiger charge is 2.55. The van der Waals surface area contributed by atoms with E-state index in [2.05, 4.69) is 20.8 Å². The fraction of sp³-hybridized carbons (Fsp3) is 0.909. The third-order valence-corrected chi connectivity index (χ3v) is 4.59. The molecule has 68 valence electrons. The average molecular weight is 166 g/mol. The van der Waals surface area contributed by atoms with E-state index in [9.17, 15) is 4.79 Å². The predicted octanol–water partition coefficient (Wildman–Crippen LogP) is 2.50. The van der Waals surface area contributed by atoms with Gasteiger partial charge in [0.05, 0.1) is 0 Å². The fourth-order valence-electron chi connectivity index (χ4n) is 3.37. The molecule has 1 heteroatoms. The van der Waals surface area contributed by atoms with Gasteiger partial charge in [0.15, 0.2) is 0 Å². The van der Waals surface area contributed by atoms with Crippen molar-refractivity contribution in [3.05, 3.63) is 0 Å². The second-order valence-electron chi connectivity index (χ2n) is 5.26. The van der Waals surface area contributed by atoms with Gasteiger partial charge in [0.2, 0.25) is 0 Å². The SMILES string of the molecule is C[C@@H]1[C@@H](C=O)C[C@H]2C[C@@H]1C2(C)C. The van der Waals surface area contributed by atoms with Crippen molar-refractivity contribution in [2.45, 2.75) is 33.6 Å². The molecule has 12 heavy (non-hydrogen) atoms. The van der Waals surface area contributed by atoms with Crippen LogP contribution in [0.4, 0.5) is 0 Å². The molecule has 0 saturated heterocycles. The molecule has 0 aromatic carbocycles. The molecule has 0 aromatic heterocycles. The first kappa shape index (κ1) is 8.28. The molecular weight excluding hydrogens is 148 g/mol. The predicted molar refractivity (Wildman–Crippen MR) is 48.7 cm³/mol. The summed E-state index contributed by atoms with van der Waals surface area (Å²) in [6, 6.07) is 0. The molecule has 0 aliphatic heterocycles. The monoisotopic (exact) mass is 166 g/mol. The summed E-state index contributed by atoms with van der Waals surface area (Å²) < 4.78 is 0. The van der Waals surface area contributed by atoms with E-state index in [1.54, 1.807) is 0 Å². The maximum absolute atomic E-state index is 10.7. The van der Waals surface area contributed by atoms with Gasteiger partial charge in [-0.25, -0.2) is 0 Å². The molecule has 3 fully saturated rings. The van der Waals surface area contributed by atoms with E-state index in [-0.39, 0.29) is 0 Å². The molecular formula is C11H18O. The Balaban J connectivity index is 2.16. The summed E-state index contributed by atoms with van der Waals surface area (Å²) in [6.45, 7) is 6.98. The van der Waals surface area contributed by atoms with Crippen molar-refractivity contribution < 1.29 is 4.79 Å². The number of hydrogen-bond donors (Lipinski definition) is 0. The zero-order chi connectivity index (χ0) is 8.93. The summed E-state index contributed by atoms with van der Waals surface area (Å²) >= 11 is 0. The number of carbonyl (C=O) groups is 1. The fourth-order valence-corrected chi connectivity index (χ4v) is 3.37. The Bertz CT molecular complexity index is 207. The maximum atomic E-state index is 10.7. The molecule has 0 heterocycles. The molecule has 0 spiro atoms. The lowest BCUT2D eigenvalue weighted by Gasteiger charge is -2.61. The zero-order valence-electron chi connectivity index (χ0n) is 8.21. The van der Waals surface area contributed by atoms with Gasteiger partial charge in [-0.1, -0.05) is 20.8 Å². The van der Waals surface area contributed by atoms with E-state index in [0.717, 1.165) is 18.3 Å². The van der Waals surface area contributed by atoms with Crippen LogP contribution in [0.15, 0.2) is 0 Å². The standard InChI is InChI=1S/C11H18O/c1-7-8(6-12)4-9-5-10(7)11(9,2)3/h6-10H,4-5H2,1-3H3/t7-,8-,9+,10+/m1/s1. The lowest BCUT2D eigenvalue weighted by molar-refractivity contribution is -0.142. The molecule has 0 unspecified atom stereocenters. The second-order valence-corrected chi connectivity index (χ2v) is 5.26. The summed E-state index contributed by atoms with van der Waals surface area (Å²) in [7, 11) is 0. The summed E-state index contributed by atoms with van der Waals surface area (Å²) in [5.74, 6) is 2.63. The number of fused-ring (bicyclic) bond motifs is 2. The largest absolute Gasteiger partial charge is 0.303 e. The van der Waals surface area contributed by atoms with Crippen LogP contribution in [0.2, 0.25) is 0 Å². The molecule has 3 rings (SSSR count). The molecule has 3 saturated carbocycles. The minimum atomic E-state index is 0.363. The van der Waals surface area contributed by atoms with Crippen molar-refractivity contribution in [2.75, 3.05) is 0 Å². The van der Waals surface area contributed by atoms with Crippen LogP contribution < -0.4 is 0 Å². The Kier molecular flexibility index (Phi) is 1.61. The van der Waals surface area contributed by atoms with Gasteiger partial charge in [-0.2, -0.15) is 0 Å². The normalized spacial score (nSPS) is 49.6. The van der Waals surface area contributed by atoms with Gasteiger partial charge in [-0.05, 0) is 36.0 Å². The molecule has 3 aliphatic rings. The van der Waals surface area contributed by atoms with Gasteiger partial charge in [0.1, 0.15) is 6.29 Å². The van der Waals surface area contributed by atoms with Crippen LogP contribution in [0.5, 0.6) is 0 Å². The first-order valence-corrected chi connectivity index (χ1v) is 5.02. The first-order valence-electron chi connectivity index (χ1n) is 5.02. The number of carbonyl (C=O) groups excluding carboxylic acids is 1. The summed E-state index contributed by atoms with van der Waals surface area (Å²) in [5.41, 5.74) is 0.527. The summed E-state index contributed by atoms with van der Waals surface area (Å²) in [4.78, 5) is 10.7. The smallest absolute Gasteiger partial charge is 0.123 e. The highest BCUT2D eigenvalue weighted by Crippen LogP contribution is 2.62. The molecule has 4 atom stereocenters. The van der Waals surface area contributed by atoms with Gasteiger partial charge < -0.3 is 4.79 Å². The Morgan fingerprint density at radius 3 is 2.42 bits per heavy atom. The molecule has 1 nitrogen and oxygen atoms in total. The van der Waals surface area contributed by atoms with E-state index in [4.69, 9.17) is 0 Å². The van der Waals surface area contributed by atoms with Crippen LogP contribution in [-0.2, 0) is 4.79 Å². The van der Waals surface area contributed by atoms with Crippen molar-refractivity contribution in [2.24, 2.45) is 29.1 Å². The van der Waals surface area contributed by atoms with E-state index < -0.39 is 0 Å². The van der Waals surface area contributed by atoms with Crippen molar-refractivity contribution in [3.8, 4) is 0 Å². The molecule has 3 aliphatic carbocycles. The van der Waals surface area contributed by atoms with E-state index in [0.29, 0.717) is 17.3 Å². The topological polar surface area (TPSA) is 17.1 Å². The van der Waals surface area contributed by atoms with Gasteiger partial charge in [0, 0.05) is 5.92 Å². The van der Waals surface area contributed by atoms with Gasteiger partial charge in [-0.3, -0.25) is 0 Å². The first-order chi connectivity index (χ1) is 5.57. The van der Waals surface area contributed by atoms with Crippen molar-refractivity contribution in [1.29, 1.82) is 0 Å². The quantitative estimate of drug-likeness (QED) is 0.547. The second kappa shape index (κ2) is 2.34.